The minimum absolute atomic E-state index is 0.0169. The monoisotopic (exact) mass is 474 g/mol. The molecule has 2 aromatic carbocycles. The molecule has 9 heteroatoms. The van der Waals surface area contributed by atoms with Gasteiger partial charge in [-0.05, 0) is 47.7 Å². The fraction of sp³-hybridized carbons (Fsp3) is 0.269. The zero-order valence-corrected chi connectivity index (χ0v) is 19.7. The third-order valence-corrected chi connectivity index (χ3v) is 6.44. The van der Waals surface area contributed by atoms with Crippen LogP contribution in [0.4, 0.5) is 4.39 Å². The van der Waals surface area contributed by atoms with E-state index < -0.39 is 5.82 Å². The number of carbonyl (C=O) groups is 1. The summed E-state index contributed by atoms with van der Waals surface area (Å²) >= 11 is 0. The molecule has 8 nitrogen and oxygen atoms in total. The van der Waals surface area contributed by atoms with Gasteiger partial charge in [-0.1, -0.05) is 25.1 Å². The first-order valence-corrected chi connectivity index (χ1v) is 11.7. The molecule has 0 atom stereocenters. The van der Waals surface area contributed by atoms with Crippen LogP contribution in [0, 0.1) is 5.82 Å². The third-order valence-electron chi connectivity index (χ3n) is 6.44. The molecule has 3 heterocycles. The molecule has 4 N–H and O–H groups in total. The van der Waals surface area contributed by atoms with Crippen molar-refractivity contribution in [1.82, 2.24) is 30.4 Å². The lowest BCUT2D eigenvalue weighted by molar-refractivity contribution is -0.121. The average Bonchev–Trinajstić information content (AvgIpc) is 3.52. The van der Waals surface area contributed by atoms with Crippen molar-refractivity contribution in [3.8, 4) is 28.4 Å². The van der Waals surface area contributed by atoms with E-state index in [0.29, 0.717) is 47.5 Å². The molecule has 0 radical (unpaired) electrons. The second-order valence-corrected chi connectivity index (χ2v) is 8.65. The summed E-state index contributed by atoms with van der Waals surface area (Å²) in [7, 11) is 1.64. The molecule has 180 valence electrons. The summed E-state index contributed by atoms with van der Waals surface area (Å²) in [6, 6.07) is 8.55. The Kier molecular flexibility index (Phi) is 6.08. The highest BCUT2D eigenvalue weighted by atomic mass is 19.1. The minimum atomic E-state index is -0.395. The first-order chi connectivity index (χ1) is 17.0. The maximum Gasteiger partial charge on any atom is 0.233 e. The smallest absolute Gasteiger partial charge is 0.233 e. The number of phenols is 1. The molecule has 1 aliphatic heterocycles. The van der Waals surface area contributed by atoms with Crippen molar-refractivity contribution in [2.75, 3.05) is 26.7 Å². The third kappa shape index (κ3) is 4.30. The van der Waals surface area contributed by atoms with E-state index in [1.165, 1.54) is 0 Å². The normalized spacial score (nSPS) is 14.3. The number of aromatic hydroxyl groups is 1. The van der Waals surface area contributed by atoms with Crippen LogP contribution in [0.1, 0.15) is 24.6 Å². The second kappa shape index (κ2) is 9.34. The quantitative estimate of drug-likeness (QED) is 0.339. The molecule has 4 aromatic rings. The number of benzene rings is 2. The zero-order chi connectivity index (χ0) is 24.5. The van der Waals surface area contributed by atoms with Crippen molar-refractivity contribution in [3.63, 3.8) is 0 Å². The van der Waals surface area contributed by atoms with Gasteiger partial charge >= 0.3 is 0 Å². The number of rotatable bonds is 6. The van der Waals surface area contributed by atoms with E-state index in [1.807, 2.05) is 19.2 Å². The fourth-order valence-corrected chi connectivity index (χ4v) is 4.59. The van der Waals surface area contributed by atoms with E-state index in [1.54, 1.807) is 31.3 Å². The van der Waals surface area contributed by atoms with Crippen molar-refractivity contribution in [1.29, 1.82) is 0 Å². The molecule has 0 fully saturated rings. The Morgan fingerprint density at radius 1 is 1.26 bits per heavy atom. The molecule has 2 aromatic heterocycles. The molecular formula is C26H27FN6O2. The Morgan fingerprint density at radius 3 is 2.89 bits per heavy atom. The molecule has 0 saturated carbocycles. The number of nitrogens with zero attached hydrogens (tertiary/aromatic N) is 3. The lowest BCUT2D eigenvalue weighted by Crippen LogP contribution is -2.38. The molecule has 0 saturated heterocycles. The molecule has 5 rings (SSSR count). The summed E-state index contributed by atoms with van der Waals surface area (Å²) in [5, 5.41) is 20.3. The molecule has 0 bridgehead atoms. The van der Waals surface area contributed by atoms with Gasteiger partial charge < -0.3 is 15.4 Å². The number of aromatic amines is 2. The highest BCUT2D eigenvalue weighted by molar-refractivity contribution is 5.95. The number of aryl methyl sites for hydroxylation is 1. The molecule has 0 unspecified atom stereocenters. The van der Waals surface area contributed by atoms with Crippen molar-refractivity contribution >= 4 is 22.4 Å². The SMILES string of the molecule is CCc1cc(O)ccc1-c1ccc2c(-c3nc(C4=CCCN(CC(=O)NC)C4)c[nH]3)n[nH]c2c1F. The number of nitrogens with one attached hydrogen (secondary N) is 3. The molecule has 1 amide bonds. The van der Waals surface area contributed by atoms with Gasteiger partial charge in [0.25, 0.3) is 0 Å². The van der Waals surface area contributed by atoms with E-state index in [4.69, 9.17) is 4.98 Å². The van der Waals surface area contributed by atoms with Crippen LogP contribution in [0.25, 0.3) is 39.1 Å². The molecule has 35 heavy (non-hydrogen) atoms. The zero-order valence-electron chi connectivity index (χ0n) is 19.7. The first kappa shape index (κ1) is 22.8. The maximum absolute atomic E-state index is 15.6. The number of carbonyl (C=O) groups excluding carboxylic acids is 1. The van der Waals surface area contributed by atoms with Gasteiger partial charge in [0.1, 0.15) is 17.0 Å². The van der Waals surface area contributed by atoms with Gasteiger partial charge in [-0.2, -0.15) is 5.10 Å². The van der Waals surface area contributed by atoms with Gasteiger partial charge in [0.05, 0.1) is 12.2 Å². The fourth-order valence-electron chi connectivity index (χ4n) is 4.59. The number of aromatic nitrogens is 4. The van der Waals surface area contributed by atoms with Gasteiger partial charge in [0, 0.05) is 37.3 Å². The summed E-state index contributed by atoms with van der Waals surface area (Å²) in [6.07, 6.45) is 5.46. The molecular weight excluding hydrogens is 447 g/mol. The number of imidazole rings is 1. The average molecular weight is 475 g/mol. The Balaban J connectivity index is 1.45. The number of halogens is 1. The number of H-pyrrole nitrogens is 2. The number of hydrogen-bond donors (Lipinski definition) is 4. The number of likely N-dealkylation sites (N-methyl/N-ethyl adjacent to an activating group) is 1. The first-order valence-electron chi connectivity index (χ1n) is 11.7. The maximum atomic E-state index is 15.6. The number of hydrogen-bond acceptors (Lipinski definition) is 5. The summed E-state index contributed by atoms with van der Waals surface area (Å²) in [6.45, 7) is 3.76. The van der Waals surface area contributed by atoms with Crippen LogP contribution in [-0.2, 0) is 11.2 Å². The Labute approximate surface area is 201 Å². The van der Waals surface area contributed by atoms with Gasteiger partial charge in [-0.15, -0.1) is 0 Å². The van der Waals surface area contributed by atoms with Crippen molar-refractivity contribution in [3.05, 3.63) is 59.7 Å². The Morgan fingerprint density at radius 2 is 2.09 bits per heavy atom. The van der Waals surface area contributed by atoms with Gasteiger partial charge in [0.2, 0.25) is 5.91 Å². The van der Waals surface area contributed by atoms with Crippen molar-refractivity contribution in [2.24, 2.45) is 0 Å². The number of phenolic OH excluding ortho intramolecular Hbond substituents is 1. The standard InChI is InChI=1S/C26H27FN6O2/c1-3-15-11-17(34)6-7-18(15)19-8-9-20-24(23(19)27)31-32-25(20)26-29-12-21(30-26)16-5-4-10-33(13-16)14-22(35)28-2/h5-9,11-12,34H,3-4,10,13-14H2,1-2H3,(H,28,35)(H,29,30)(H,31,32). The summed E-state index contributed by atoms with van der Waals surface area (Å²) < 4.78 is 15.6. The van der Waals surface area contributed by atoms with E-state index in [0.717, 1.165) is 35.4 Å². The summed E-state index contributed by atoms with van der Waals surface area (Å²) in [5.74, 6) is 0.293. The van der Waals surface area contributed by atoms with Crippen molar-refractivity contribution in [2.45, 2.75) is 19.8 Å². The summed E-state index contributed by atoms with van der Waals surface area (Å²) in [4.78, 5) is 21.7. The van der Waals surface area contributed by atoms with Gasteiger partial charge in [0.15, 0.2) is 11.6 Å². The number of fused-ring (bicyclic) bond motifs is 1. The highest BCUT2D eigenvalue weighted by Gasteiger charge is 2.21. The summed E-state index contributed by atoms with van der Waals surface area (Å²) in [5.41, 5.74) is 4.72. The van der Waals surface area contributed by atoms with Gasteiger partial charge in [-0.25, -0.2) is 9.37 Å². The largest absolute Gasteiger partial charge is 0.508 e. The van der Waals surface area contributed by atoms with Crippen LogP contribution in [-0.4, -0.2) is 62.8 Å². The van der Waals surface area contributed by atoms with Crippen LogP contribution >= 0.6 is 0 Å². The lowest BCUT2D eigenvalue weighted by atomic mass is 9.96. The molecule has 0 aliphatic carbocycles. The van der Waals surface area contributed by atoms with E-state index in [-0.39, 0.29) is 11.7 Å². The Hall–Kier alpha value is -3.98. The Bertz CT molecular complexity index is 1440. The van der Waals surface area contributed by atoms with Crippen LogP contribution < -0.4 is 5.32 Å². The van der Waals surface area contributed by atoms with Crippen LogP contribution in [0.2, 0.25) is 0 Å². The van der Waals surface area contributed by atoms with E-state index in [2.05, 4.69) is 31.5 Å². The van der Waals surface area contributed by atoms with Crippen LogP contribution in [0.5, 0.6) is 5.75 Å². The van der Waals surface area contributed by atoms with Crippen LogP contribution in [0.15, 0.2) is 42.6 Å². The van der Waals surface area contributed by atoms with Crippen LogP contribution in [0.3, 0.4) is 0 Å². The van der Waals surface area contributed by atoms with Gasteiger partial charge in [-0.3, -0.25) is 14.8 Å². The molecule has 1 aliphatic rings. The van der Waals surface area contributed by atoms with E-state index in [9.17, 15) is 9.90 Å². The van der Waals surface area contributed by atoms with Crippen molar-refractivity contribution < 1.29 is 14.3 Å². The highest BCUT2D eigenvalue weighted by Crippen LogP contribution is 2.35. The predicted molar refractivity (Wildman–Crippen MR) is 133 cm³/mol. The molecule has 0 spiro atoms. The lowest BCUT2D eigenvalue weighted by Gasteiger charge is -2.25. The van der Waals surface area contributed by atoms with E-state index >= 15 is 4.39 Å². The minimum Gasteiger partial charge on any atom is -0.508 e. The topological polar surface area (TPSA) is 110 Å². The second-order valence-electron chi connectivity index (χ2n) is 8.65. The number of amides is 1. The predicted octanol–water partition coefficient (Wildman–Crippen LogP) is 3.86.